The van der Waals surface area contributed by atoms with Crippen LogP contribution in [0.5, 0.6) is 5.88 Å². The molecule has 1 fully saturated rings. The number of nitrogens with one attached hydrogen (secondary N) is 1. The quantitative estimate of drug-likeness (QED) is 0.507. The molecule has 2 heterocycles. The lowest BCUT2D eigenvalue weighted by Crippen LogP contribution is -2.43. The Morgan fingerprint density at radius 2 is 1.77 bits per heavy atom. The van der Waals surface area contributed by atoms with Gasteiger partial charge in [-0.1, -0.05) is 0 Å². The van der Waals surface area contributed by atoms with Crippen molar-refractivity contribution in [2.45, 2.75) is 30.0 Å². The first-order chi connectivity index (χ1) is 16.5. The van der Waals surface area contributed by atoms with Crippen molar-refractivity contribution >= 4 is 21.6 Å². The summed E-state index contributed by atoms with van der Waals surface area (Å²) in [6, 6.07) is 7.53. The number of carbonyl (C=O) groups excluding carboxylic acids is 1. The van der Waals surface area contributed by atoms with Crippen molar-refractivity contribution in [1.82, 2.24) is 14.1 Å². The lowest BCUT2D eigenvalue weighted by Gasteiger charge is -2.23. The van der Waals surface area contributed by atoms with E-state index in [0.29, 0.717) is 6.42 Å². The number of methoxy groups -OCH3 is 1. The average Bonchev–Trinajstić information content (AvgIpc) is 3.47. The van der Waals surface area contributed by atoms with E-state index in [1.54, 1.807) is 0 Å². The van der Waals surface area contributed by atoms with Crippen LogP contribution in [-0.4, -0.2) is 48.1 Å². The van der Waals surface area contributed by atoms with Gasteiger partial charge in [-0.3, -0.25) is 4.79 Å². The molecule has 0 bridgehead atoms. The number of hydrogen-bond donors (Lipinski definition) is 1. The van der Waals surface area contributed by atoms with E-state index < -0.39 is 39.5 Å². The Morgan fingerprint density at radius 1 is 1.11 bits per heavy atom. The van der Waals surface area contributed by atoms with Gasteiger partial charge in [0.25, 0.3) is 5.88 Å². The number of rotatable bonds is 6. The summed E-state index contributed by atoms with van der Waals surface area (Å²) in [5.41, 5.74) is -0.417. The molecule has 0 aliphatic carbocycles. The number of hydrogen-bond acceptors (Lipinski definition) is 5. The summed E-state index contributed by atoms with van der Waals surface area (Å²) in [5.74, 6) is -1.22. The third-order valence-corrected chi connectivity index (χ3v) is 7.44. The topological polar surface area (TPSA) is 93.5 Å². The highest BCUT2D eigenvalue weighted by molar-refractivity contribution is 7.89. The van der Waals surface area contributed by atoms with Gasteiger partial charge in [0.05, 0.1) is 29.5 Å². The molecule has 0 radical (unpaired) electrons. The molecule has 1 N–H and O–H groups in total. The fourth-order valence-electron chi connectivity index (χ4n) is 3.78. The minimum absolute atomic E-state index is 0.0100. The minimum atomic E-state index is -4.49. The van der Waals surface area contributed by atoms with Crippen molar-refractivity contribution in [3.8, 4) is 11.6 Å². The van der Waals surface area contributed by atoms with Gasteiger partial charge in [-0.2, -0.15) is 17.5 Å². The monoisotopic (exact) mass is 512 g/mol. The molecule has 186 valence electrons. The molecule has 4 rings (SSSR count). The highest BCUT2D eigenvalue weighted by Crippen LogP contribution is 2.31. The second kappa shape index (κ2) is 9.30. The first-order valence-corrected chi connectivity index (χ1v) is 11.8. The van der Waals surface area contributed by atoms with Crippen LogP contribution in [0, 0.1) is 5.82 Å². The van der Waals surface area contributed by atoms with E-state index in [1.165, 1.54) is 30.1 Å². The molecule has 1 aliphatic heterocycles. The first-order valence-electron chi connectivity index (χ1n) is 10.4. The maximum Gasteiger partial charge on any atom is 0.416 e. The molecule has 0 spiro atoms. The number of amides is 1. The molecule has 3 aromatic rings. The van der Waals surface area contributed by atoms with E-state index in [9.17, 15) is 30.8 Å². The molecule has 13 heteroatoms. The summed E-state index contributed by atoms with van der Waals surface area (Å²) in [6.07, 6.45) is -2.42. The molecule has 0 unspecified atom stereocenters. The van der Waals surface area contributed by atoms with Crippen molar-refractivity contribution in [2.75, 3.05) is 19.0 Å². The second-order valence-corrected chi connectivity index (χ2v) is 9.65. The molecule has 1 amide bonds. The molecule has 8 nitrogen and oxygen atoms in total. The summed E-state index contributed by atoms with van der Waals surface area (Å²) >= 11 is 0. The van der Waals surface area contributed by atoms with Gasteiger partial charge < -0.3 is 10.1 Å². The lowest BCUT2D eigenvalue weighted by atomic mass is 10.2. The van der Waals surface area contributed by atoms with Crippen LogP contribution >= 0.6 is 0 Å². The van der Waals surface area contributed by atoms with Gasteiger partial charge in [-0.05, 0) is 61.4 Å². The molecule has 35 heavy (non-hydrogen) atoms. The predicted octanol–water partition coefficient (Wildman–Crippen LogP) is 3.83. The van der Waals surface area contributed by atoms with Gasteiger partial charge in [0.1, 0.15) is 17.5 Å². The number of benzene rings is 2. The zero-order valence-corrected chi connectivity index (χ0v) is 19.1. The standard InChI is InChI=1S/C22H20F4N4O4S/c1-34-21-18(13-29(28-21)16-8-4-14(5-9-16)22(24,25)26)27-20(31)19-3-2-12-30(19)35(32,33)17-10-6-15(23)7-11-17/h4-11,13,19H,2-3,12H2,1H3,(H,27,31)/t19-/m0/s1. The summed E-state index contributed by atoms with van der Waals surface area (Å²) < 4.78 is 85.2. The van der Waals surface area contributed by atoms with Gasteiger partial charge in [0.15, 0.2) is 0 Å². The van der Waals surface area contributed by atoms with Crippen LogP contribution in [0.2, 0.25) is 0 Å². The number of nitrogens with zero attached hydrogens (tertiary/aromatic N) is 3. The highest BCUT2D eigenvalue weighted by atomic mass is 32.2. The molecule has 1 aromatic heterocycles. The summed E-state index contributed by atoms with van der Waals surface area (Å²) in [5, 5.41) is 6.72. The van der Waals surface area contributed by atoms with Crippen LogP contribution in [0.4, 0.5) is 23.2 Å². The lowest BCUT2D eigenvalue weighted by molar-refractivity contribution is -0.137. The third kappa shape index (κ3) is 5.00. The first kappa shape index (κ1) is 24.7. The Labute approximate surface area is 198 Å². The largest absolute Gasteiger partial charge is 0.478 e. The smallest absolute Gasteiger partial charge is 0.416 e. The number of anilines is 1. The molecule has 0 saturated carbocycles. The highest BCUT2D eigenvalue weighted by Gasteiger charge is 2.40. The Bertz CT molecular complexity index is 1320. The van der Waals surface area contributed by atoms with Gasteiger partial charge >= 0.3 is 6.18 Å². The Balaban J connectivity index is 1.55. The summed E-state index contributed by atoms with van der Waals surface area (Å²) in [6.45, 7) is 0.111. The van der Waals surface area contributed by atoms with E-state index in [2.05, 4.69) is 10.4 Å². The average molecular weight is 512 g/mol. The van der Waals surface area contributed by atoms with Crippen LogP contribution in [-0.2, 0) is 21.0 Å². The van der Waals surface area contributed by atoms with Crippen molar-refractivity contribution in [3.05, 3.63) is 66.1 Å². The van der Waals surface area contributed by atoms with Crippen LogP contribution < -0.4 is 10.1 Å². The predicted molar refractivity (Wildman–Crippen MR) is 117 cm³/mol. The zero-order chi connectivity index (χ0) is 25.4. The molecule has 1 saturated heterocycles. The Morgan fingerprint density at radius 3 is 2.37 bits per heavy atom. The van der Waals surface area contributed by atoms with Crippen LogP contribution in [0.1, 0.15) is 18.4 Å². The van der Waals surface area contributed by atoms with Gasteiger partial charge in [0.2, 0.25) is 15.9 Å². The molecule has 1 aliphatic rings. The van der Waals surface area contributed by atoms with E-state index in [-0.39, 0.29) is 35.1 Å². The van der Waals surface area contributed by atoms with Crippen LogP contribution in [0.25, 0.3) is 5.69 Å². The molecule has 2 aromatic carbocycles. The van der Waals surface area contributed by atoms with E-state index in [1.807, 2.05) is 0 Å². The number of alkyl halides is 3. The number of ether oxygens (including phenoxy) is 1. The van der Waals surface area contributed by atoms with E-state index in [4.69, 9.17) is 4.74 Å². The summed E-state index contributed by atoms with van der Waals surface area (Å²) in [4.78, 5) is 12.9. The minimum Gasteiger partial charge on any atom is -0.478 e. The van der Waals surface area contributed by atoms with E-state index in [0.717, 1.165) is 40.7 Å². The fraction of sp³-hybridized carbons (Fsp3) is 0.273. The number of halogens is 4. The van der Waals surface area contributed by atoms with Gasteiger partial charge in [-0.25, -0.2) is 17.5 Å². The van der Waals surface area contributed by atoms with Crippen LogP contribution in [0.3, 0.4) is 0 Å². The van der Waals surface area contributed by atoms with Gasteiger partial charge in [-0.15, -0.1) is 5.10 Å². The fourth-order valence-corrected chi connectivity index (χ4v) is 5.43. The number of aromatic nitrogens is 2. The summed E-state index contributed by atoms with van der Waals surface area (Å²) in [7, 11) is -2.75. The molecular formula is C22H20F4N4O4S. The maximum atomic E-state index is 13.2. The number of sulfonamides is 1. The van der Waals surface area contributed by atoms with Crippen molar-refractivity contribution in [1.29, 1.82) is 0 Å². The van der Waals surface area contributed by atoms with Gasteiger partial charge in [0, 0.05) is 6.54 Å². The normalized spacial score (nSPS) is 16.9. The second-order valence-electron chi connectivity index (χ2n) is 7.76. The SMILES string of the molecule is COc1nn(-c2ccc(C(F)(F)F)cc2)cc1NC(=O)[C@@H]1CCCN1S(=O)(=O)c1ccc(F)cc1. The molecular weight excluding hydrogens is 492 g/mol. The maximum absolute atomic E-state index is 13.2. The van der Waals surface area contributed by atoms with Crippen molar-refractivity contribution in [2.24, 2.45) is 0 Å². The van der Waals surface area contributed by atoms with Crippen LogP contribution in [0.15, 0.2) is 59.6 Å². The Hall–Kier alpha value is -3.45. The Kier molecular flexibility index (Phi) is 6.56. The van der Waals surface area contributed by atoms with E-state index >= 15 is 0 Å². The molecule has 1 atom stereocenters. The van der Waals surface area contributed by atoms with Crippen molar-refractivity contribution in [3.63, 3.8) is 0 Å². The number of carbonyl (C=O) groups is 1. The van der Waals surface area contributed by atoms with Crippen molar-refractivity contribution < 1.29 is 35.5 Å². The third-order valence-electron chi connectivity index (χ3n) is 5.52. The zero-order valence-electron chi connectivity index (χ0n) is 18.3.